The molecule has 0 unspecified atom stereocenters. The number of benzene rings is 2. The Hall–Kier alpha value is -2.29. The van der Waals surface area contributed by atoms with E-state index in [1.54, 1.807) is 19.2 Å². The van der Waals surface area contributed by atoms with Gasteiger partial charge in [-0.25, -0.2) is 0 Å². The fourth-order valence-electron chi connectivity index (χ4n) is 2.63. The Morgan fingerprint density at radius 2 is 1.90 bits per heavy atom. The van der Waals surface area contributed by atoms with Crippen LogP contribution < -0.4 is 10.1 Å². The average molecular weight is 281 g/mol. The molecule has 1 aliphatic carbocycles. The molecule has 0 atom stereocenters. The fourth-order valence-corrected chi connectivity index (χ4v) is 2.63. The zero-order chi connectivity index (χ0) is 14.7. The van der Waals surface area contributed by atoms with Gasteiger partial charge in [-0.05, 0) is 36.6 Å². The van der Waals surface area contributed by atoms with E-state index in [4.69, 9.17) is 4.74 Å². The van der Waals surface area contributed by atoms with Crippen LogP contribution in [0.25, 0.3) is 0 Å². The molecular formula is C18H19NO2. The molecule has 1 N–H and O–H groups in total. The number of amides is 1. The highest BCUT2D eigenvalue weighted by Crippen LogP contribution is 2.47. The maximum atomic E-state index is 12.3. The van der Waals surface area contributed by atoms with Crippen LogP contribution in [-0.2, 0) is 5.41 Å². The third kappa shape index (κ3) is 2.92. The lowest BCUT2D eigenvalue weighted by Gasteiger charge is -2.16. The standard InChI is InChI=1S/C18H19NO2/c1-21-16-9-5-6-14(12-16)17(20)19-13-18(10-11-18)15-7-3-2-4-8-15/h2-9,12H,10-11,13H2,1H3,(H,19,20). The highest BCUT2D eigenvalue weighted by molar-refractivity contribution is 5.94. The van der Waals surface area contributed by atoms with E-state index in [1.165, 1.54) is 5.56 Å². The zero-order valence-electron chi connectivity index (χ0n) is 12.1. The van der Waals surface area contributed by atoms with Crippen molar-refractivity contribution in [1.82, 2.24) is 5.32 Å². The van der Waals surface area contributed by atoms with Gasteiger partial charge in [0, 0.05) is 17.5 Å². The molecule has 1 amide bonds. The lowest BCUT2D eigenvalue weighted by atomic mass is 9.96. The molecule has 2 aromatic carbocycles. The summed E-state index contributed by atoms with van der Waals surface area (Å²) in [5.41, 5.74) is 2.09. The van der Waals surface area contributed by atoms with Gasteiger partial charge in [-0.2, -0.15) is 0 Å². The SMILES string of the molecule is COc1cccc(C(=O)NCC2(c3ccccc3)CC2)c1. The molecule has 0 aliphatic heterocycles. The normalized spacial score (nSPS) is 15.3. The van der Waals surface area contributed by atoms with Crippen LogP contribution in [0, 0.1) is 0 Å². The molecule has 1 fully saturated rings. The summed E-state index contributed by atoms with van der Waals surface area (Å²) in [6, 6.07) is 17.7. The van der Waals surface area contributed by atoms with E-state index < -0.39 is 0 Å². The molecule has 108 valence electrons. The van der Waals surface area contributed by atoms with E-state index in [0.29, 0.717) is 17.9 Å². The first-order chi connectivity index (χ1) is 10.2. The van der Waals surface area contributed by atoms with Gasteiger partial charge in [0.05, 0.1) is 7.11 Å². The first-order valence-electron chi connectivity index (χ1n) is 7.21. The second kappa shape index (κ2) is 5.60. The summed E-state index contributed by atoms with van der Waals surface area (Å²) in [4.78, 5) is 12.3. The Kier molecular flexibility index (Phi) is 3.65. The minimum absolute atomic E-state index is 0.0453. The van der Waals surface area contributed by atoms with Gasteiger partial charge in [-0.15, -0.1) is 0 Å². The third-order valence-corrected chi connectivity index (χ3v) is 4.16. The molecule has 1 saturated carbocycles. The van der Waals surface area contributed by atoms with Crippen LogP contribution in [0.5, 0.6) is 5.75 Å². The van der Waals surface area contributed by atoms with E-state index >= 15 is 0 Å². The molecule has 0 heterocycles. The molecule has 0 bridgehead atoms. The van der Waals surface area contributed by atoms with Crippen molar-refractivity contribution in [2.45, 2.75) is 18.3 Å². The number of ether oxygens (including phenoxy) is 1. The number of methoxy groups -OCH3 is 1. The quantitative estimate of drug-likeness (QED) is 0.914. The number of hydrogen-bond donors (Lipinski definition) is 1. The summed E-state index contributed by atoms with van der Waals surface area (Å²) in [5, 5.41) is 3.06. The van der Waals surface area contributed by atoms with Gasteiger partial charge >= 0.3 is 0 Å². The molecule has 0 radical (unpaired) electrons. The van der Waals surface area contributed by atoms with Crippen LogP contribution in [0.4, 0.5) is 0 Å². The average Bonchev–Trinajstić information content (AvgIpc) is 3.35. The lowest BCUT2D eigenvalue weighted by molar-refractivity contribution is 0.0949. The van der Waals surface area contributed by atoms with E-state index in [1.807, 2.05) is 18.2 Å². The monoisotopic (exact) mass is 281 g/mol. The van der Waals surface area contributed by atoms with Crippen molar-refractivity contribution in [3.8, 4) is 5.75 Å². The molecule has 1 aliphatic rings. The zero-order valence-corrected chi connectivity index (χ0v) is 12.1. The second-order valence-electron chi connectivity index (χ2n) is 5.56. The topological polar surface area (TPSA) is 38.3 Å². The molecule has 3 nitrogen and oxygen atoms in total. The smallest absolute Gasteiger partial charge is 0.251 e. The molecule has 3 rings (SSSR count). The van der Waals surface area contributed by atoms with Crippen LogP contribution in [0.2, 0.25) is 0 Å². The molecule has 3 heteroatoms. The van der Waals surface area contributed by atoms with Gasteiger partial charge < -0.3 is 10.1 Å². The van der Waals surface area contributed by atoms with E-state index in [9.17, 15) is 4.79 Å². The fraction of sp³-hybridized carbons (Fsp3) is 0.278. The minimum Gasteiger partial charge on any atom is -0.497 e. The predicted molar refractivity (Wildman–Crippen MR) is 82.7 cm³/mol. The number of rotatable bonds is 5. The molecule has 21 heavy (non-hydrogen) atoms. The summed E-state index contributed by atoms with van der Waals surface area (Å²) < 4.78 is 5.15. The van der Waals surface area contributed by atoms with Gasteiger partial charge in [0.15, 0.2) is 0 Å². The van der Waals surface area contributed by atoms with Crippen molar-refractivity contribution in [2.75, 3.05) is 13.7 Å². The maximum absolute atomic E-state index is 12.3. The Morgan fingerprint density at radius 3 is 2.57 bits per heavy atom. The van der Waals surface area contributed by atoms with Gasteiger partial charge in [-0.1, -0.05) is 36.4 Å². The van der Waals surface area contributed by atoms with Gasteiger partial charge in [-0.3, -0.25) is 4.79 Å². The van der Waals surface area contributed by atoms with E-state index in [-0.39, 0.29) is 11.3 Å². The summed E-state index contributed by atoms with van der Waals surface area (Å²) in [5.74, 6) is 0.656. The van der Waals surface area contributed by atoms with Crippen LogP contribution in [0.15, 0.2) is 54.6 Å². The van der Waals surface area contributed by atoms with Crippen molar-refractivity contribution in [1.29, 1.82) is 0 Å². The van der Waals surface area contributed by atoms with Gasteiger partial charge in [0.2, 0.25) is 0 Å². The van der Waals surface area contributed by atoms with Crippen molar-refractivity contribution in [3.05, 3.63) is 65.7 Å². The first kappa shape index (κ1) is 13.7. The van der Waals surface area contributed by atoms with Crippen molar-refractivity contribution in [2.24, 2.45) is 0 Å². The highest BCUT2D eigenvalue weighted by atomic mass is 16.5. The van der Waals surface area contributed by atoms with Crippen LogP contribution >= 0.6 is 0 Å². The summed E-state index contributed by atoms with van der Waals surface area (Å²) in [6.07, 6.45) is 2.27. The van der Waals surface area contributed by atoms with Crippen molar-refractivity contribution in [3.63, 3.8) is 0 Å². The Bertz CT molecular complexity index is 633. The second-order valence-corrected chi connectivity index (χ2v) is 5.56. The summed E-state index contributed by atoms with van der Waals surface area (Å²) in [7, 11) is 1.60. The van der Waals surface area contributed by atoms with Gasteiger partial charge in [0.1, 0.15) is 5.75 Å². The summed E-state index contributed by atoms with van der Waals surface area (Å²) >= 11 is 0. The highest BCUT2D eigenvalue weighted by Gasteiger charge is 2.44. The Labute approximate surface area is 124 Å². The van der Waals surface area contributed by atoms with Crippen molar-refractivity contribution < 1.29 is 9.53 Å². The van der Waals surface area contributed by atoms with E-state index in [2.05, 4.69) is 29.6 Å². The molecule has 0 saturated heterocycles. The predicted octanol–water partition coefficient (Wildman–Crippen LogP) is 3.16. The molecule has 2 aromatic rings. The minimum atomic E-state index is -0.0453. The molecular weight excluding hydrogens is 262 g/mol. The molecule has 0 aromatic heterocycles. The van der Waals surface area contributed by atoms with Crippen LogP contribution in [0.3, 0.4) is 0 Å². The van der Waals surface area contributed by atoms with Crippen LogP contribution in [-0.4, -0.2) is 19.6 Å². The maximum Gasteiger partial charge on any atom is 0.251 e. The van der Waals surface area contributed by atoms with E-state index in [0.717, 1.165) is 12.8 Å². The lowest BCUT2D eigenvalue weighted by Crippen LogP contribution is -2.32. The Morgan fingerprint density at radius 1 is 1.14 bits per heavy atom. The molecule has 0 spiro atoms. The summed E-state index contributed by atoms with van der Waals surface area (Å²) in [6.45, 7) is 0.688. The van der Waals surface area contributed by atoms with Crippen LogP contribution in [0.1, 0.15) is 28.8 Å². The number of hydrogen-bond acceptors (Lipinski definition) is 2. The third-order valence-electron chi connectivity index (χ3n) is 4.16. The number of carbonyl (C=O) groups is 1. The largest absolute Gasteiger partial charge is 0.497 e. The number of carbonyl (C=O) groups excluding carboxylic acids is 1. The first-order valence-corrected chi connectivity index (χ1v) is 7.21. The number of nitrogens with one attached hydrogen (secondary N) is 1. The Balaban J connectivity index is 1.66. The van der Waals surface area contributed by atoms with Gasteiger partial charge in [0.25, 0.3) is 5.91 Å². The van der Waals surface area contributed by atoms with Crippen molar-refractivity contribution >= 4 is 5.91 Å².